The number of rotatable bonds is 4. The van der Waals surface area contributed by atoms with Crippen LogP contribution in [-0.2, 0) is 6.18 Å². The minimum atomic E-state index is -4.33. The van der Waals surface area contributed by atoms with Crippen LogP contribution in [0.15, 0.2) is 52.3 Å². The van der Waals surface area contributed by atoms with Gasteiger partial charge in [-0.2, -0.15) is 13.2 Å². The van der Waals surface area contributed by atoms with Crippen LogP contribution in [0.5, 0.6) is 0 Å². The van der Waals surface area contributed by atoms with E-state index < -0.39 is 11.7 Å². The normalized spacial score (nSPS) is 22.0. The number of alkyl halides is 3. The molecule has 0 saturated carbocycles. The molecule has 31 heavy (non-hydrogen) atoms. The number of anilines is 2. The van der Waals surface area contributed by atoms with Gasteiger partial charge in [-0.3, -0.25) is 4.90 Å². The predicted molar refractivity (Wildman–Crippen MR) is 119 cm³/mol. The van der Waals surface area contributed by atoms with E-state index in [2.05, 4.69) is 20.8 Å². The van der Waals surface area contributed by atoms with E-state index in [9.17, 15) is 13.2 Å². The number of piperazine rings is 1. The Labute approximate surface area is 186 Å². The van der Waals surface area contributed by atoms with E-state index in [0.29, 0.717) is 11.7 Å². The third-order valence-corrected chi connectivity index (χ3v) is 7.86. The molecule has 0 N–H and O–H groups in total. The zero-order valence-electron chi connectivity index (χ0n) is 17.6. The molecule has 2 fully saturated rings. The first-order valence-corrected chi connectivity index (χ1v) is 12.0. The monoisotopic (exact) mass is 447 g/mol. The molecule has 7 heteroatoms. The van der Waals surface area contributed by atoms with Crippen LogP contribution in [-0.4, -0.2) is 55.1 Å². The quantitative estimate of drug-likeness (QED) is 0.580. The number of para-hydroxylation sites is 1. The van der Waals surface area contributed by atoms with Crippen molar-refractivity contribution in [1.82, 2.24) is 9.80 Å². The minimum Gasteiger partial charge on any atom is -0.340 e. The summed E-state index contributed by atoms with van der Waals surface area (Å²) in [5, 5.41) is 0. The summed E-state index contributed by atoms with van der Waals surface area (Å²) < 4.78 is 40.1. The number of hydrogen-bond acceptors (Lipinski definition) is 4. The second-order valence-corrected chi connectivity index (χ2v) is 9.83. The predicted octanol–water partition coefficient (Wildman–Crippen LogP) is 5.87. The Kier molecular flexibility index (Phi) is 5.92. The summed E-state index contributed by atoms with van der Waals surface area (Å²) in [6.45, 7) is 6.31. The van der Waals surface area contributed by atoms with Gasteiger partial charge >= 0.3 is 6.18 Å². The van der Waals surface area contributed by atoms with E-state index in [1.165, 1.54) is 37.9 Å². The Morgan fingerprint density at radius 1 is 0.903 bits per heavy atom. The Hall–Kier alpha value is -1.70. The van der Waals surface area contributed by atoms with Crippen LogP contribution in [0, 0.1) is 0 Å². The fourth-order valence-electron chi connectivity index (χ4n) is 5.12. The van der Waals surface area contributed by atoms with Crippen LogP contribution in [0.3, 0.4) is 0 Å². The molecule has 1 atom stereocenters. The van der Waals surface area contributed by atoms with E-state index in [4.69, 9.17) is 0 Å². The molecule has 0 radical (unpaired) electrons. The molecule has 166 valence electrons. The van der Waals surface area contributed by atoms with Gasteiger partial charge in [-0.15, -0.1) is 0 Å². The van der Waals surface area contributed by atoms with E-state index >= 15 is 0 Å². The summed E-state index contributed by atoms with van der Waals surface area (Å²) in [7, 11) is 0. The summed E-state index contributed by atoms with van der Waals surface area (Å²) >= 11 is 1.55. The first-order chi connectivity index (χ1) is 15.0. The van der Waals surface area contributed by atoms with Gasteiger partial charge in [0.05, 0.1) is 16.9 Å². The van der Waals surface area contributed by atoms with Crippen molar-refractivity contribution in [2.45, 2.75) is 47.7 Å². The Bertz CT molecular complexity index is 933. The summed E-state index contributed by atoms with van der Waals surface area (Å²) in [5.74, 6) is 0. The highest BCUT2D eigenvalue weighted by atomic mass is 32.2. The van der Waals surface area contributed by atoms with Crippen LogP contribution in [0.25, 0.3) is 0 Å². The van der Waals surface area contributed by atoms with Gasteiger partial charge in [0.2, 0.25) is 0 Å². The lowest BCUT2D eigenvalue weighted by Gasteiger charge is -2.44. The van der Waals surface area contributed by atoms with Gasteiger partial charge in [0, 0.05) is 42.0 Å². The number of fused-ring (bicyclic) bond motifs is 3. The standard InChI is InChI=1S/C24H28F3N3S/c25-24(26,27)18-9-10-23-21(16-18)30(20-7-1-2-8-22(20)31-23)13-5-11-28-14-15-29-12-4-3-6-19(29)17-28/h1-2,7-10,16,19H,3-6,11-15,17H2. The van der Waals surface area contributed by atoms with E-state index in [1.54, 1.807) is 17.8 Å². The summed E-state index contributed by atoms with van der Waals surface area (Å²) in [6.07, 6.45) is 0.544. The lowest BCUT2D eigenvalue weighted by molar-refractivity contribution is -0.137. The SMILES string of the molecule is FC(F)(F)c1ccc2c(c1)N(CCCN1CCN3CCCCC3C1)c1ccccc1S2. The van der Waals surface area contributed by atoms with Crippen molar-refractivity contribution >= 4 is 23.1 Å². The third-order valence-electron chi connectivity index (χ3n) is 6.73. The molecule has 0 aromatic heterocycles. The Morgan fingerprint density at radius 2 is 1.74 bits per heavy atom. The first-order valence-electron chi connectivity index (χ1n) is 11.2. The van der Waals surface area contributed by atoms with Crippen LogP contribution >= 0.6 is 11.8 Å². The van der Waals surface area contributed by atoms with Gasteiger partial charge in [0.1, 0.15) is 0 Å². The first kappa shape index (κ1) is 21.2. The van der Waals surface area contributed by atoms with Gasteiger partial charge in [0.15, 0.2) is 0 Å². The van der Waals surface area contributed by atoms with E-state index in [1.807, 2.05) is 18.2 Å². The van der Waals surface area contributed by atoms with Crippen molar-refractivity contribution < 1.29 is 13.2 Å². The molecule has 1 unspecified atom stereocenters. The highest BCUT2D eigenvalue weighted by molar-refractivity contribution is 7.99. The van der Waals surface area contributed by atoms with Crippen molar-refractivity contribution in [3.8, 4) is 0 Å². The Balaban J connectivity index is 1.31. The molecule has 0 amide bonds. The van der Waals surface area contributed by atoms with Crippen LogP contribution in [0.4, 0.5) is 24.5 Å². The number of halogens is 3. The fourth-order valence-corrected chi connectivity index (χ4v) is 6.20. The maximum Gasteiger partial charge on any atom is 0.416 e. The van der Waals surface area contributed by atoms with Crippen LogP contribution in [0.1, 0.15) is 31.2 Å². The third kappa shape index (κ3) is 4.45. The second-order valence-electron chi connectivity index (χ2n) is 8.74. The van der Waals surface area contributed by atoms with Crippen molar-refractivity contribution in [1.29, 1.82) is 0 Å². The highest BCUT2D eigenvalue weighted by Crippen LogP contribution is 2.49. The van der Waals surface area contributed by atoms with Crippen molar-refractivity contribution in [2.24, 2.45) is 0 Å². The zero-order valence-corrected chi connectivity index (χ0v) is 18.4. The number of piperidine rings is 1. The smallest absolute Gasteiger partial charge is 0.340 e. The number of benzene rings is 2. The highest BCUT2D eigenvalue weighted by Gasteiger charge is 2.33. The molecule has 2 aromatic rings. The molecule has 5 rings (SSSR count). The van der Waals surface area contributed by atoms with Crippen molar-refractivity contribution in [2.75, 3.05) is 44.2 Å². The molecule has 3 heterocycles. The minimum absolute atomic E-state index is 0.579. The van der Waals surface area contributed by atoms with Crippen molar-refractivity contribution in [3.63, 3.8) is 0 Å². The maximum atomic E-state index is 13.4. The molecule has 3 aliphatic heterocycles. The van der Waals surface area contributed by atoms with Crippen LogP contribution < -0.4 is 4.90 Å². The van der Waals surface area contributed by atoms with Gasteiger partial charge < -0.3 is 9.80 Å². The lowest BCUT2D eigenvalue weighted by atomic mass is 9.99. The fraction of sp³-hybridized carbons (Fsp3) is 0.500. The molecule has 0 bridgehead atoms. The zero-order chi connectivity index (χ0) is 21.4. The molecule has 0 spiro atoms. The molecular formula is C24H28F3N3S. The Morgan fingerprint density at radius 3 is 2.61 bits per heavy atom. The van der Waals surface area contributed by atoms with E-state index in [-0.39, 0.29) is 0 Å². The maximum absolute atomic E-state index is 13.4. The topological polar surface area (TPSA) is 9.72 Å². The molecule has 0 aliphatic carbocycles. The van der Waals surface area contributed by atoms with Gasteiger partial charge in [0.25, 0.3) is 0 Å². The molecule has 3 aliphatic rings. The van der Waals surface area contributed by atoms with Crippen LogP contribution in [0.2, 0.25) is 0 Å². The number of nitrogens with zero attached hydrogens (tertiary/aromatic N) is 3. The largest absolute Gasteiger partial charge is 0.416 e. The second kappa shape index (κ2) is 8.68. The summed E-state index contributed by atoms with van der Waals surface area (Å²) in [6, 6.07) is 12.8. The average molecular weight is 448 g/mol. The average Bonchev–Trinajstić information content (AvgIpc) is 2.77. The molecule has 3 nitrogen and oxygen atoms in total. The molecule has 2 aromatic carbocycles. The lowest BCUT2D eigenvalue weighted by Crippen LogP contribution is -2.54. The van der Waals surface area contributed by atoms with Crippen molar-refractivity contribution in [3.05, 3.63) is 48.0 Å². The summed E-state index contributed by atoms with van der Waals surface area (Å²) in [5.41, 5.74) is 1.11. The molecule has 2 saturated heterocycles. The van der Waals surface area contributed by atoms with Gasteiger partial charge in [-0.25, -0.2) is 0 Å². The summed E-state index contributed by atoms with van der Waals surface area (Å²) in [4.78, 5) is 9.26. The number of hydrogen-bond donors (Lipinski definition) is 0. The van der Waals surface area contributed by atoms with Gasteiger partial charge in [-0.1, -0.05) is 30.3 Å². The molecular weight excluding hydrogens is 419 g/mol. The van der Waals surface area contributed by atoms with Gasteiger partial charge in [-0.05, 0) is 62.7 Å². The van der Waals surface area contributed by atoms with E-state index in [0.717, 1.165) is 54.6 Å².